The van der Waals surface area contributed by atoms with Crippen molar-refractivity contribution in [2.45, 2.75) is 11.1 Å². The molecular weight excluding hydrogens is 481 g/mol. The first-order chi connectivity index (χ1) is 15.5. The van der Waals surface area contributed by atoms with E-state index in [1.807, 2.05) is 18.3 Å². The van der Waals surface area contributed by atoms with E-state index in [1.165, 1.54) is 35.2 Å². The molecule has 0 saturated heterocycles. The van der Waals surface area contributed by atoms with Gasteiger partial charge in [-0.15, -0.1) is 0 Å². The molecular formula is C22H18ClF3N2O4S. The van der Waals surface area contributed by atoms with Crippen LogP contribution in [0.15, 0.2) is 101 Å². The Morgan fingerprint density at radius 1 is 0.879 bits per heavy atom. The molecule has 0 amide bonds. The van der Waals surface area contributed by atoms with Gasteiger partial charge in [0.1, 0.15) is 0 Å². The van der Waals surface area contributed by atoms with Crippen LogP contribution in [0.2, 0.25) is 5.02 Å². The zero-order valence-corrected chi connectivity index (χ0v) is 18.3. The molecule has 0 saturated carbocycles. The van der Waals surface area contributed by atoms with Crippen molar-refractivity contribution in [2.24, 2.45) is 5.16 Å². The van der Waals surface area contributed by atoms with Gasteiger partial charge in [-0.1, -0.05) is 65.3 Å². The first kappa shape index (κ1) is 25.9. The predicted molar refractivity (Wildman–Crippen MR) is 120 cm³/mol. The number of halogens is 4. The summed E-state index contributed by atoms with van der Waals surface area (Å²) in [5, 5.41) is 12.0. The van der Waals surface area contributed by atoms with E-state index in [0.717, 1.165) is 12.1 Å². The number of hydrogen-bond acceptors (Lipinski definition) is 4. The SMILES string of the molecule is O=S(=O)(O)c1ccccc1.ON=C(c1ccc(Cl)cc1)C(F)(F)F.c1ccc2[nH]ccc2c1. The molecule has 0 spiro atoms. The normalized spacial score (nSPS) is 11.7. The second-order valence-electron chi connectivity index (χ2n) is 6.31. The minimum atomic E-state index is -4.68. The average molecular weight is 499 g/mol. The molecule has 0 aliphatic heterocycles. The van der Waals surface area contributed by atoms with E-state index in [-0.39, 0.29) is 10.5 Å². The minimum Gasteiger partial charge on any atom is -0.410 e. The molecule has 0 fully saturated rings. The van der Waals surface area contributed by atoms with Crippen LogP contribution in [-0.2, 0) is 10.1 Å². The Labute approximate surface area is 192 Å². The molecule has 3 N–H and O–H groups in total. The van der Waals surface area contributed by atoms with Crippen molar-refractivity contribution in [3.8, 4) is 0 Å². The Kier molecular flexibility index (Phi) is 9.03. The Morgan fingerprint density at radius 3 is 1.94 bits per heavy atom. The first-order valence-electron chi connectivity index (χ1n) is 9.12. The Bertz CT molecular complexity index is 1260. The van der Waals surface area contributed by atoms with E-state index in [1.54, 1.807) is 18.2 Å². The molecule has 0 aliphatic carbocycles. The summed E-state index contributed by atoms with van der Waals surface area (Å²) < 4.78 is 65.8. The molecule has 174 valence electrons. The number of rotatable bonds is 2. The number of para-hydroxylation sites is 1. The van der Waals surface area contributed by atoms with Gasteiger partial charge in [-0.3, -0.25) is 4.55 Å². The van der Waals surface area contributed by atoms with Crippen LogP contribution in [0.25, 0.3) is 10.9 Å². The van der Waals surface area contributed by atoms with Gasteiger partial charge in [-0.2, -0.15) is 21.6 Å². The third kappa shape index (κ3) is 8.26. The van der Waals surface area contributed by atoms with Crippen LogP contribution in [0.5, 0.6) is 0 Å². The smallest absolute Gasteiger partial charge is 0.410 e. The number of oxime groups is 1. The summed E-state index contributed by atoms with van der Waals surface area (Å²) >= 11 is 5.49. The second kappa shape index (κ2) is 11.5. The Morgan fingerprint density at radius 2 is 1.45 bits per heavy atom. The lowest BCUT2D eigenvalue weighted by molar-refractivity contribution is -0.0601. The number of fused-ring (bicyclic) bond motifs is 1. The maximum atomic E-state index is 12.2. The molecule has 0 radical (unpaired) electrons. The zero-order chi connectivity index (χ0) is 24.5. The Balaban J connectivity index is 0.000000180. The fraction of sp³-hybridized carbons (Fsp3) is 0.0455. The monoisotopic (exact) mass is 498 g/mol. The summed E-state index contributed by atoms with van der Waals surface area (Å²) in [7, 11) is -4.00. The second-order valence-corrected chi connectivity index (χ2v) is 8.16. The number of hydrogen-bond donors (Lipinski definition) is 3. The zero-order valence-electron chi connectivity index (χ0n) is 16.7. The topological polar surface area (TPSA) is 103 Å². The van der Waals surface area contributed by atoms with E-state index in [0.29, 0.717) is 5.02 Å². The molecule has 1 heterocycles. The predicted octanol–water partition coefficient (Wildman–Crippen LogP) is 6.18. The first-order valence-corrected chi connectivity index (χ1v) is 10.9. The largest absolute Gasteiger partial charge is 0.437 e. The molecule has 11 heteroatoms. The Hall–Kier alpha value is -3.34. The highest BCUT2D eigenvalue weighted by atomic mass is 35.5. The molecule has 3 aromatic carbocycles. The maximum Gasteiger partial charge on any atom is 0.437 e. The summed E-state index contributed by atoms with van der Waals surface area (Å²) in [5.41, 5.74) is -0.365. The van der Waals surface area contributed by atoms with Gasteiger partial charge in [0.25, 0.3) is 10.1 Å². The van der Waals surface area contributed by atoms with Crippen molar-refractivity contribution < 1.29 is 31.3 Å². The molecule has 0 atom stereocenters. The lowest BCUT2D eigenvalue weighted by Gasteiger charge is -2.07. The number of nitrogens with one attached hydrogen (secondary N) is 1. The number of benzene rings is 3. The van der Waals surface area contributed by atoms with Gasteiger partial charge in [0, 0.05) is 22.3 Å². The van der Waals surface area contributed by atoms with E-state index >= 15 is 0 Å². The average Bonchev–Trinajstić information content (AvgIpc) is 3.25. The van der Waals surface area contributed by atoms with Crippen molar-refractivity contribution in [3.05, 3.63) is 102 Å². The van der Waals surface area contributed by atoms with Crippen molar-refractivity contribution in [2.75, 3.05) is 0 Å². The van der Waals surface area contributed by atoms with E-state index in [2.05, 4.69) is 28.3 Å². The highest BCUT2D eigenvalue weighted by Gasteiger charge is 2.37. The summed E-state index contributed by atoms with van der Waals surface area (Å²) in [6.45, 7) is 0. The van der Waals surface area contributed by atoms with E-state index in [9.17, 15) is 21.6 Å². The standard InChI is InChI=1S/C8H5ClF3NO.C8H7N.C6H6O3S/c9-6-3-1-5(2-4-6)7(13-14)8(10,11)12;1-2-4-8-7(3-1)5-6-9-8;7-10(8,9)6-4-2-1-3-5-6/h1-4,14H;1-6,9H;1-5H,(H,7,8,9). The molecule has 33 heavy (non-hydrogen) atoms. The van der Waals surface area contributed by atoms with Gasteiger partial charge in [0.15, 0.2) is 5.71 Å². The number of aromatic nitrogens is 1. The van der Waals surface area contributed by atoms with E-state index < -0.39 is 22.0 Å². The molecule has 4 rings (SSSR count). The molecule has 0 unspecified atom stereocenters. The van der Waals surface area contributed by atoms with Crippen LogP contribution in [0.4, 0.5) is 13.2 Å². The number of H-pyrrole nitrogens is 1. The minimum absolute atomic E-state index is 0.0741. The fourth-order valence-electron chi connectivity index (χ4n) is 2.47. The highest BCUT2D eigenvalue weighted by Crippen LogP contribution is 2.23. The quantitative estimate of drug-likeness (QED) is 0.133. The molecule has 0 aliphatic rings. The third-order valence-electron chi connectivity index (χ3n) is 3.99. The summed E-state index contributed by atoms with van der Waals surface area (Å²) in [4.78, 5) is 3.05. The van der Waals surface area contributed by atoms with Gasteiger partial charge in [-0.25, -0.2) is 0 Å². The molecule has 4 aromatic rings. The van der Waals surface area contributed by atoms with Crippen LogP contribution in [0.1, 0.15) is 5.56 Å². The van der Waals surface area contributed by atoms with Crippen LogP contribution in [-0.4, -0.2) is 35.0 Å². The summed E-state index contributed by atoms with van der Waals surface area (Å²) in [5.74, 6) is 0. The molecule has 6 nitrogen and oxygen atoms in total. The highest BCUT2D eigenvalue weighted by molar-refractivity contribution is 7.85. The van der Waals surface area contributed by atoms with Crippen molar-refractivity contribution in [3.63, 3.8) is 0 Å². The van der Waals surface area contributed by atoms with Crippen LogP contribution in [0, 0.1) is 0 Å². The summed E-state index contributed by atoms with van der Waals surface area (Å²) in [6, 6.07) is 22.5. The third-order valence-corrected chi connectivity index (χ3v) is 5.11. The molecule has 1 aromatic heterocycles. The number of aromatic amines is 1. The van der Waals surface area contributed by atoms with E-state index in [4.69, 9.17) is 21.4 Å². The van der Waals surface area contributed by atoms with Crippen molar-refractivity contribution >= 4 is 38.3 Å². The van der Waals surface area contributed by atoms with Crippen molar-refractivity contribution in [1.82, 2.24) is 4.98 Å². The summed E-state index contributed by atoms with van der Waals surface area (Å²) in [6.07, 6.45) is -2.73. The van der Waals surface area contributed by atoms with Gasteiger partial charge < -0.3 is 10.2 Å². The number of alkyl halides is 3. The number of nitrogens with zero attached hydrogens (tertiary/aromatic N) is 1. The molecule has 0 bridgehead atoms. The van der Waals surface area contributed by atoms with Crippen LogP contribution in [0.3, 0.4) is 0 Å². The lowest BCUT2D eigenvalue weighted by Crippen LogP contribution is -2.23. The van der Waals surface area contributed by atoms with Gasteiger partial charge in [0.2, 0.25) is 0 Å². The van der Waals surface area contributed by atoms with Crippen LogP contribution < -0.4 is 0 Å². The maximum absolute atomic E-state index is 12.2. The van der Waals surface area contributed by atoms with Crippen LogP contribution >= 0.6 is 11.6 Å². The van der Waals surface area contributed by atoms with Gasteiger partial charge >= 0.3 is 6.18 Å². The van der Waals surface area contributed by atoms with Gasteiger partial charge in [0.05, 0.1) is 4.90 Å². The lowest BCUT2D eigenvalue weighted by atomic mass is 10.1. The van der Waals surface area contributed by atoms with Gasteiger partial charge in [-0.05, 0) is 41.8 Å². The van der Waals surface area contributed by atoms with Crippen molar-refractivity contribution in [1.29, 1.82) is 0 Å². The fourth-order valence-corrected chi connectivity index (χ4v) is 3.10.